The molecule has 0 bridgehead atoms. The van der Waals surface area contributed by atoms with Crippen LogP contribution in [0.2, 0.25) is 5.02 Å². The molecule has 0 radical (unpaired) electrons. The normalized spacial score (nSPS) is 12.7. The van der Waals surface area contributed by atoms with E-state index in [4.69, 9.17) is 21.1 Å². The predicted octanol–water partition coefficient (Wildman–Crippen LogP) is 4.90. The molecule has 2 amide bonds. The lowest BCUT2D eigenvalue weighted by molar-refractivity contribution is -0.121. The molecule has 0 fully saturated rings. The third-order valence-corrected chi connectivity index (χ3v) is 5.61. The van der Waals surface area contributed by atoms with Gasteiger partial charge in [-0.25, -0.2) is 0 Å². The number of ether oxygens (including phenoxy) is 2. The fourth-order valence-electron chi connectivity index (χ4n) is 3.45. The Labute approximate surface area is 191 Å². The molecular weight excluding hydrogens is 428 g/mol. The van der Waals surface area contributed by atoms with Crippen LogP contribution in [0.5, 0.6) is 11.5 Å². The Morgan fingerprint density at radius 3 is 2.69 bits per heavy atom. The molecule has 3 aromatic carbocycles. The summed E-state index contributed by atoms with van der Waals surface area (Å²) in [6.45, 7) is 4.17. The van der Waals surface area contributed by atoms with Gasteiger partial charge in [-0.15, -0.1) is 0 Å². The summed E-state index contributed by atoms with van der Waals surface area (Å²) in [6, 6.07) is 18.3. The molecule has 0 unspecified atom stereocenters. The molecule has 3 aromatic rings. The second-order valence-corrected chi connectivity index (χ2v) is 8.05. The van der Waals surface area contributed by atoms with E-state index in [1.165, 1.54) is 0 Å². The van der Waals surface area contributed by atoms with Crippen LogP contribution in [-0.4, -0.2) is 25.0 Å². The fraction of sp³-hybridized carbons (Fsp3) is 0.200. The van der Waals surface area contributed by atoms with Crippen LogP contribution in [0.25, 0.3) is 0 Å². The summed E-state index contributed by atoms with van der Waals surface area (Å²) in [5.74, 6) is 0.814. The number of benzene rings is 3. The number of aryl methyl sites for hydroxylation is 1. The predicted molar refractivity (Wildman–Crippen MR) is 125 cm³/mol. The highest BCUT2D eigenvalue weighted by atomic mass is 35.5. The van der Waals surface area contributed by atoms with E-state index >= 15 is 0 Å². The lowest BCUT2D eigenvalue weighted by atomic mass is 10.1. The highest BCUT2D eigenvalue weighted by molar-refractivity contribution is 6.30. The van der Waals surface area contributed by atoms with Crippen molar-refractivity contribution in [2.45, 2.75) is 20.4 Å². The second-order valence-electron chi connectivity index (χ2n) is 7.61. The topological polar surface area (TPSA) is 67.9 Å². The van der Waals surface area contributed by atoms with Crippen LogP contribution in [0.15, 0.2) is 60.7 Å². The first-order valence-corrected chi connectivity index (χ1v) is 10.6. The first-order valence-electron chi connectivity index (χ1n) is 10.2. The summed E-state index contributed by atoms with van der Waals surface area (Å²) in [7, 11) is 0. The Hall–Kier alpha value is -3.51. The molecule has 0 atom stereocenters. The van der Waals surface area contributed by atoms with Gasteiger partial charge in [-0.3, -0.25) is 9.59 Å². The first-order chi connectivity index (χ1) is 15.4. The number of hydrogen-bond donors (Lipinski definition) is 1. The van der Waals surface area contributed by atoms with Crippen molar-refractivity contribution in [2.75, 3.05) is 23.4 Å². The monoisotopic (exact) mass is 450 g/mol. The van der Waals surface area contributed by atoms with Crippen molar-refractivity contribution in [1.82, 2.24) is 0 Å². The smallest absolute Gasteiger partial charge is 0.265 e. The molecule has 1 N–H and O–H groups in total. The van der Waals surface area contributed by atoms with Crippen molar-refractivity contribution in [3.63, 3.8) is 0 Å². The highest BCUT2D eigenvalue weighted by Gasteiger charge is 2.26. The average molecular weight is 451 g/mol. The maximum absolute atomic E-state index is 12.5. The van der Waals surface area contributed by atoms with Gasteiger partial charge in [0.05, 0.1) is 12.2 Å². The Kier molecular flexibility index (Phi) is 6.32. The Bertz CT molecular complexity index is 1160. The van der Waals surface area contributed by atoms with Crippen molar-refractivity contribution in [2.24, 2.45) is 0 Å². The van der Waals surface area contributed by atoms with E-state index in [0.717, 1.165) is 16.7 Å². The quantitative estimate of drug-likeness (QED) is 0.580. The Balaban J connectivity index is 1.47. The maximum Gasteiger partial charge on any atom is 0.265 e. The zero-order valence-electron chi connectivity index (χ0n) is 17.9. The van der Waals surface area contributed by atoms with Crippen LogP contribution >= 0.6 is 11.6 Å². The summed E-state index contributed by atoms with van der Waals surface area (Å²) >= 11 is 5.96. The van der Waals surface area contributed by atoms with Crippen LogP contribution in [0.3, 0.4) is 0 Å². The molecule has 0 saturated carbocycles. The standard InChI is InChI=1S/C25H23ClN2O4/c1-16-4-3-5-22(17(16)2)31-14-24(29)27-20-10-11-23-21(12-20)28(25(30)15-32-23)13-18-6-8-19(26)9-7-18/h3-12H,13-15H2,1-2H3,(H,27,29). The molecule has 164 valence electrons. The Morgan fingerprint density at radius 2 is 1.91 bits per heavy atom. The van der Waals surface area contributed by atoms with Gasteiger partial charge in [0, 0.05) is 10.7 Å². The van der Waals surface area contributed by atoms with Crippen molar-refractivity contribution in [3.05, 3.63) is 82.4 Å². The summed E-state index contributed by atoms with van der Waals surface area (Å²) < 4.78 is 11.2. The summed E-state index contributed by atoms with van der Waals surface area (Å²) in [5, 5.41) is 3.46. The molecule has 0 saturated heterocycles. The molecular formula is C25H23ClN2O4. The van der Waals surface area contributed by atoms with Crippen molar-refractivity contribution >= 4 is 34.8 Å². The van der Waals surface area contributed by atoms with Gasteiger partial charge in [0.15, 0.2) is 13.2 Å². The Morgan fingerprint density at radius 1 is 1.12 bits per heavy atom. The third-order valence-electron chi connectivity index (χ3n) is 5.35. The van der Waals surface area contributed by atoms with Gasteiger partial charge in [0.25, 0.3) is 11.8 Å². The van der Waals surface area contributed by atoms with E-state index in [-0.39, 0.29) is 25.0 Å². The molecule has 0 spiro atoms. The minimum atomic E-state index is -0.293. The zero-order chi connectivity index (χ0) is 22.7. The number of halogens is 1. The number of fused-ring (bicyclic) bond motifs is 1. The average Bonchev–Trinajstić information content (AvgIpc) is 2.78. The van der Waals surface area contributed by atoms with Crippen LogP contribution in [0.4, 0.5) is 11.4 Å². The van der Waals surface area contributed by atoms with Gasteiger partial charge in [-0.1, -0.05) is 35.9 Å². The largest absolute Gasteiger partial charge is 0.483 e. The van der Waals surface area contributed by atoms with Crippen LogP contribution in [0, 0.1) is 13.8 Å². The molecule has 1 heterocycles. The van der Waals surface area contributed by atoms with Gasteiger partial charge in [-0.05, 0) is 66.9 Å². The van der Waals surface area contributed by atoms with E-state index in [9.17, 15) is 9.59 Å². The molecule has 4 rings (SSSR count). The lowest BCUT2D eigenvalue weighted by Gasteiger charge is -2.30. The number of nitrogens with one attached hydrogen (secondary N) is 1. The van der Waals surface area contributed by atoms with Crippen molar-refractivity contribution < 1.29 is 19.1 Å². The minimum Gasteiger partial charge on any atom is -0.483 e. The summed E-state index contributed by atoms with van der Waals surface area (Å²) in [5.41, 5.74) is 4.19. The maximum atomic E-state index is 12.5. The van der Waals surface area contributed by atoms with Crippen LogP contribution in [0.1, 0.15) is 16.7 Å². The van der Waals surface area contributed by atoms with Crippen LogP contribution in [-0.2, 0) is 16.1 Å². The molecule has 32 heavy (non-hydrogen) atoms. The number of anilines is 2. The van der Waals surface area contributed by atoms with Gasteiger partial charge in [0.2, 0.25) is 0 Å². The van der Waals surface area contributed by atoms with Crippen LogP contribution < -0.4 is 19.7 Å². The number of carbonyl (C=O) groups is 2. The number of amides is 2. The molecule has 6 nitrogen and oxygen atoms in total. The van der Waals surface area contributed by atoms with E-state index < -0.39 is 0 Å². The molecule has 7 heteroatoms. The van der Waals surface area contributed by atoms with Crippen molar-refractivity contribution in [1.29, 1.82) is 0 Å². The summed E-state index contributed by atoms with van der Waals surface area (Å²) in [6.07, 6.45) is 0. The lowest BCUT2D eigenvalue weighted by Crippen LogP contribution is -2.38. The van der Waals surface area contributed by atoms with E-state index in [1.807, 2.05) is 44.2 Å². The number of rotatable bonds is 6. The van der Waals surface area contributed by atoms with E-state index in [2.05, 4.69) is 5.32 Å². The molecule has 1 aliphatic heterocycles. The number of nitrogens with zero attached hydrogens (tertiary/aromatic N) is 1. The van der Waals surface area contributed by atoms with E-state index in [0.29, 0.717) is 34.4 Å². The SMILES string of the molecule is Cc1cccc(OCC(=O)Nc2ccc3c(c2)N(Cc2ccc(Cl)cc2)C(=O)CO3)c1C. The number of hydrogen-bond acceptors (Lipinski definition) is 4. The fourth-order valence-corrected chi connectivity index (χ4v) is 3.57. The number of carbonyl (C=O) groups excluding carboxylic acids is 2. The van der Waals surface area contributed by atoms with E-state index in [1.54, 1.807) is 35.2 Å². The van der Waals surface area contributed by atoms with Gasteiger partial charge in [0.1, 0.15) is 11.5 Å². The third kappa shape index (κ3) is 4.86. The first kappa shape index (κ1) is 21.7. The zero-order valence-corrected chi connectivity index (χ0v) is 18.6. The molecule has 1 aliphatic rings. The second kappa shape index (κ2) is 9.32. The van der Waals surface area contributed by atoms with Gasteiger partial charge in [-0.2, -0.15) is 0 Å². The summed E-state index contributed by atoms with van der Waals surface area (Å²) in [4.78, 5) is 26.6. The van der Waals surface area contributed by atoms with Gasteiger partial charge < -0.3 is 19.7 Å². The van der Waals surface area contributed by atoms with Crippen molar-refractivity contribution in [3.8, 4) is 11.5 Å². The molecule has 0 aliphatic carbocycles. The molecule has 0 aromatic heterocycles. The van der Waals surface area contributed by atoms with Gasteiger partial charge >= 0.3 is 0 Å². The highest BCUT2D eigenvalue weighted by Crippen LogP contribution is 2.35. The minimum absolute atomic E-state index is 0.0318.